The van der Waals surface area contributed by atoms with Crippen LogP contribution in [0.3, 0.4) is 0 Å². The first-order chi connectivity index (χ1) is 9.08. The minimum atomic E-state index is 0.228. The highest BCUT2D eigenvalue weighted by Crippen LogP contribution is 2.44. The Morgan fingerprint density at radius 2 is 2.05 bits per heavy atom. The number of hydrogen-bond acceptors (Lipinski definition) is 4. The van der Waals surface area contributed by atoms with E-state index in [1.165, 1.54) is 6.42 Å². The van der Waals surface area contributed by atoms with E-state index >= 15 is 0 Å². The van der Waals surface area contributed by atoms with Crippen molar-refractivity contribution in [3.8, 4) is 0 Å². The number of fused-ring (bicyclic) bond motifs is 1. The average molecular weight is 273 g/mol. The molecule has 1 aromatic heterocycles. The maximum absolute atomic E-state index is 6.38. The summed E-state index contributed by atoms with van der Waals surface area (Å²) >= 11 is 1.81. The number of aromatic nitrogens is 2. The molecule has 3 rings (SSSR count). The molecule has 2 N–H and O–H groups in total. The summed E-state index contributed by atoms with van der Waals surface area (Å²) in [7, 11) is 0. The van der Waals surface area contributed by atoms with Gasteiger partial charge in [-0.25, -0.2) is 9.97 Å². The van der Waals surface area contributed by atoms with E-state index in [0.29, 0.717) is 5.25 Å². The molecule has 0 bridgehead atoms. The van der Waals surface area contributed by atoms with Crippen molar-refractivity contribution >= 4 is 22.7 Å². The van der Waals surface area contributed by atoms with E-state index in [1.807, 2.05) is 30.0 Å². The summed E-state index contributed by atoms with van der Waals surface area (Å²) in [6.45, 7) is 4.52. The zero-order chi connectivity index (χ0) is 13.5. The fraction of sp³-hybridized carbons (Fsp3) is 0.467. The Morgan fingerprint density at radius 3 is 2.79 bits per heavy atom. The molecule has 4 heteroatoms. The quantitative estimate of drug-likeness (QED) is 0.853. The van der Waals surface area contributed by atoms with Gasteiger partial charge in [0.25, 0.3) is 0 Å². The molecule has 0 saturated heterocycles. The van der Waals surface area contributed by atoms with Crippen molar-refractivity contribution in [1.82, 2.24) is 9.97 Å². The van der Waals surface area contributed by atoms with Gasteiger partial charge in [0.15, 0.2) is 0 Å². The van der Waals surface area contributed by atoms with E-state index in [4.69, 9.17) is 5.73 Å². The van der Waals surface area contributed by atoms with Gasteiger partial charge < -0.3 is 5.73 Å². The summed E-state index contributed by atoms with van der Waals surface area (Å²) in [6, 6.07) is 8.39. The first-order valence-corrected chi connectivity index (χ1v) is 7.58. The second kappa shape index (κ2) is 4.76. The molecule has 1 aromatic carbocycles. The van der Waals surface area contributed by atoms with Crippen LogP contribution in [-0.4, -0.2) is 21.3 Å². The molecule has 3 nitrogen and oxygen atoms in total. The summed E-state index contributed by atoms with van der Waals surface area (Å²) in [5.74, 6) is 0. The standard InChI is InChI=1S/C15H19N3S/c1-15(2)8-7-12(13(15)16)19-14-10-5-3-4-6-11(10)17-9-18-14/h3-6,9,12-13H,7-8,16H2,1-2H3. The van der Waals surface area contributed by atoms with E-state index in [0.717, 1.165) is 22.3 Å². The smallest absolute Gasteiger partial charge is 0.117 e. The van der Waals surface area contributed by atoms with Crippen molar-refractivity contribution in [3.63, 3.8) is 0 Å². The van der Waals surface area contributed by atoms with Gasteiger partial charge >= 0.3 is 0 Å². The molecule has 1 saturated carbocycles. The van der Waals surface area contributed by atoms with Crippen LogP contribution in [0.1, 0.15) is 26.7 Å². The van der Waals surface area contributed by atoms with Crippen LogP contribution in [0.25, 0.3) is 10.9 Å². The monoisotopic (exact) mass is 273 g/mol. The second-order valence-corrected chi connectivity index (χ2v) is 7.13. The second-order valence-electron chi connectivity index (χ2n) is 5.91. The number of benzene rings is 1. The maximum atomic E-state index is 6.38. The van der Waals surface area contributed by atoms with Crippen molar-refractivity contribution in [2.24, 2.45) is 11.1 Å². The maximum Gasteiger partial charge on any atom is 0.117 e. The average Bonchev–Trinajstić information content (AvgIpc) is 2.66. The number of para-hydroxylation sites is 1. The van der Waals surface area contributed by atoms with Crippen LogP contribution in [0.4, 0.5) is 0 Å². The van der Waals surface area contributed by atoms with Crippen LogP contribution in [-0.2, 0) is 0 Å². The molecule has 0 spiro atoms. The predicted molar refractivity (Wildman–Crippen MR) is 80.2 cm³/mol. The van der Waals surface area contributed by atoms with Gasteiger partial charge in [-0.05, 0) is 24.3 Å². The molecular weight excluding hydrogens is 254 g/mol. The first-order valence-electron chi connectivity index (χ1n) is 6.70. The van der Waals surface area contributed by atoms with E-state index in [1.54, 1.807) is 6.33 Å². The highest BCUT2D eigenvalue weighted by Gasteiger charge is 2.40. The van der Waals surface area contributed by atoms with Crippen LogP contribution in [0.5, 0.6) is 0 Å². The van der Waals surface area contributed by atoms with Gasteiger partial charge in [0.05, 0.1) is 5.52 Å². The summed E-state index contributed by atoms with van der Waals surface area (Å²) in [5.41, 5.74) is 7.63. The lowest BCUT2D eigenvalue weighted by Crippen LogP contribution is -2.38. The fourth-order valence-corrected chi connectivity index (χ4v) is 4.16. The Morgan fingerprint density at radius 1 is 1.26 bits per heavy atom. The highest BCUT2D eigenvalue weighted by molar-refractivity contribution is 8.00. The topological polar surface area (TPSA) is 51.8 Å². The fourth-order valence-electron chi connectivity index (χ4n) is 2.71. The zero-order valence-corrected chi connectivity index (χ0v) is 12.2. The third-order valence-corrected chi connectivity index (χ3v) is 5.53. The van der Waals surface area contributed by atoms with Crippen LogP contribution in [0, 0.1) is 5.41 Å². The molecule has 0 radical (unpaired) electrons. The first kappa shape index (κ1) is 12.9. The number of nitrogens with two attached hydrogens (primary N) is 1. The van der Waals surface area contributed by atoms with Gasteiger partial charge in [0.2, 0.25) is 0 Å². The highest BCUT2D eigenvalue weighted by atomic mass is 32.2. The minimum Gasteiger partial charge on any atom is -0.326 e. The molecule has 100 valence electrons. The Labute approximate surface area is 118 Å². The number of nitrogens with zero attached hydrogens (tertiary/aromatic N) is 2. The van der Waals surface area contributed by atoms with Crippen molar-refractivity contribution < 1.29 is 0 Å². The molecule has 2 atom stereocenters. The lowest BCUT2D eigenvalue weighted by Gasteiger charge is -2.26. The molecular formula is C15H19N3S. The lowest BCUT2D eigenvalue weighted by atomic mass is 9.88. The Balaban J connectivity index is 1.90. The van der Waals surface area contributed by atoms with E-state index in [2.05, 4.69) is 29.9 Å². The van der Waals surface area contributed by atoms with Crippen LogP contribution in [0.2, 0.25) is 0 Å². The van der Waals surface area contributed by atoms with Crippen LogP contribution < -0.4 is 5.73 Å². The lowest BCUT2D eigenvalue weighted by molar-refractivity contribution is 0.334. The molecule has 0 amide bonds. The summed E-state index contributed by atoms with van der Waals surface area (Å²) < 4.78 is 0. The molecule has 19 heavy (non-hydrogen) atoms. The molecule has 2 aromatic rings. The van der Waals surface area contributed by atoms with Gasteiger partial charge in [-0.1, -0.05) is 32.0 Å². The van der Waals surface area contributed by atoms with Gasteiger partial charge in [0.1, 0.15) is 11.4 Å². The van der Waals surface area contributed by atoms with Crippen molar-refractivity contribution in [2.45, 2.75) is 43.0 Å². The van der Waals surface area contributed by atoms with E-state index in [9.17, 15) is 0 Å². The van der Waals surface area contributed by atoms with Crippen LogP contribution in [0.15, 0.2) is 35.6 Å². The normalized spacial score (nSPS) is 25.8. The SMILES string of the molecule is CC1(C)CCC(Sc2ncnc3ccccc23)C1N. The molecule has 1 aliphatic carbocycles. The predicted octanol–water partition coefficient (Wildman–Crippen LogP) is 3.24. The Bertz CT molecular complexity index is 591. The zero-order valence-electron chi connectivity index (χ0n) is 11.3. The van der Waals surface area contributed by atoms with Gasteiger partial charge in [-0.3, -0.25) is 0 Å². The van der Waals surface area contributed by atoms with Gasteiger partial charge in [-0.15, -0.1) is 11.8 Å². The molecule has 2 unspecified atom stereocenters. The Kier molecular flexibility index (Phi) is 3.23. The largest absolute Gasteiger partial charge is 0.326 e. The third kappa shape index (κ3) is 2.35. The number of thioether (sulfide) groups is 1. The van der Waals surface area contributed by atoms with E-state index in [-0.39, 0.29) is 11.5 Å². The summed E-state index contributed by atoms with van der Waals surface area (Å²) in [5, 5.41) is 2.64. The van der Waals surface area contributed by atoms with Gasteiger partial charge in [0, 0.05) is 16.7 Å². The Hall–Kier alpha value is -1.13. The van der Waals surface area contributed by atoms with Gasteiger partial charge in [-0.2, -0.15) is 0 Å². The van der Waals surface area contributed by atoms with E-state index < -0.39 is 0 Å². The summed E-state index contributed by atoms with van der Waals surface area (Å²) in [4.78, 5) is 8.76. The van der Waals surface area contributed by atoms with Crippen molar-refractivity contribution in [3.05, 3.63) is 30.6 Å². The number of rotatable bonds is 2. The minimum absolute atomic E-state index is 0.228. The molecule has 0 aliphatic heterocycles. The molecule has 1 aliphatic rings. The van der Waals surface area contributed by atoms with Crippen molar-refractivity contribution in [2.75, 3.05) is 0 Å². The third-order valence-electron chi connectivity index (χ3n) is 4.15. The molecule has 1 heterocycles. The molecule has 1 fully saturated rings. The van der Waals surface area contributed by atoms with Crippen LogP contribution >= 0.6 is 11.8 Å². The van der Waals surface area contributed by atoms with Crippen molar-refractivity contribution in [1.29, 1.82) is 0 Å². The number of hydrogen-bond donors (Lipinski definition) is 1. The summed E-state index contributed by atoms with van der Waals surface area (Å²) in [6.07, 6.45) is 4.00.